The highest BCUT2D eigenvalue weighted by Crippen LogP contribution is 2.49. The molecule has 1 amide bonds. The van der Waals surface area contributed by atoms with Crippen LogP contribution in [0.25, 0.3) is 0 Å². The molecule has 1 N–H and O–H groups in total. The normalized spacial score (nSPS) is 14.2. The van der Waals surface area contributed by atoms with E-state index in [9.17, 15) is 9.59 Å². The molecule has 1 aliphatic rings. The molecular weight excluding hydrogens is 384 g/mol. The van der Waals surface area contributed by atoms with Crippen LogP contribution in [0, 0.1) is 6.92 Å². The number of amides is 1. The molecule has 4 rings (SSSR count). The predicted octanol–water partition coefficient (Wildman–Crippen LogP) is 4.41. The van der Waals surface area contributed by atoms with E-state index < -0.39 is 5.41 Å². The number of carbonyl (C=O) groups is 2. The van der Waals surface area contributed by atoms with Gasteiger partial charge >= 0.3 is 5.97 Å². The maximum absolute atomic E-state index is 12.6. The van der Waals surface area contributed by atoms with Crippen LogP contribution in [0.3, 0.4) is 0 Å². The first-order chi connectivity index (χ1) is 14.0. The number of esters is 1. The molecule has 1 heterocycles. The van der Waals surface area contributed by atoms with Crippen molar-refractivity contribution in [3.63, 3.8) is 0 Å². The fourth-order valence-electron chi connectivity index (χ4n) is 3.25. The van der Waals surface area contributed by atoms with E-state index in [1.165, 1.54) is 11.3 Å². The van der Waals surface area contributed by atoms with Gasteiger partial charge in [-0.25, -0.2) is 4.98 Å². The summed E-state index contributed by atoms with van der Waals surface area (Å²) in [6, 6.07) is 17.4. The summed E-state index contributed by atoms with van der Waals surface area (Å²) in [5, 5.41) is 5.40. The Hall–Kier alpha value is -2.99. The molecule has 1 saturated carbocycles. The average Bonchev–Trinajstić information content (AvgIpc) is 3.43. The molecule has 1 fully saturated rings. The minimum Gasteiger partial charge on any atom is -0.458 e. The van der Waals surface area contributed by atoms with Gasteiger partial charge < -0.3 is 10.1 Å². The Labute approximate surface area is 173 Å². The van der Waals surface area contributed by atoms with Crippen LogP contribution in [0.2, 0.25) is 0 Å². The van der Waals surface area contributed by atoms with Crippen LogP contribution < -0.4 is 5.32 Å². The van der Waals surface area contributed by atoms with Gasteiger partial charge in [0.15, 0.2) is 0 Å². The Morgan fingerprint density at radius 3 is 2.52 bits per heavy atom. The topological polar surface area (TPSA) is 68.3 Å². The third-order valence-corrected chi connectivity index (χ3v) is 5.96. The fourth-order valence-corrected chi connectivity index (χ4v) is 4.02. The standard InChI is InChI=1S/C23H22N2O3S/c1-16-7-9-18(10-8-16)24-20(26)13-21-25-19(15-29-21)14-28-22(27)23(11-12-23)17-5-3-2-4-6-17/h2-10,15H,11-14H2,1H3,(H,24,26). The maximum atomic E-state index is 12.6. The van der Waals surface area contributed by atoms with Gasteiger partial charge in [0.25, 0.3) is 0 Å². The van der Waals surface area contributed by atoms with E-state index in [4.69, 9.17) is 4.74 Å². The van der Waals surface area contributed by atoms with Crippen molar-refractivity contribution in [1.82, 2.24) is 4.98 Å². The smallest absolute Gasteiger partial charge is 0.316 e. The minimum atomic E-state index is -0.492. The number of rotatable bonds is 7. The van der Waals surface area contributed by atoms with Crippen molar-refractivity contribution in [2.24, 2.45) is 0 Å². The lowest BCUT2D eigenvalue weighted by molar-refractivity contribution is -0.148. The van der Waals surface area contributed by atoms with Crippen molar-refractivity contribution >= 4 is 28.9 Å². The molecule has 6 heteroatoms. The number of aromatic nitrogens is 1. The molecule has 0 unspecified atom stereocenters. The molecule has 0 atom stereocenters. The SMILES string of the molecule is Cc1ccc(NC(=O)Cc2nc(COC(=O)C3(c4ccccc4)CC3)cs2)cc1. The molecule has 5 nitrogen and oxygen atoms in total. The van der Waals surface area contributed by atoms with Gasteiger partial charge in [0.1, 0.15) is 11.6 Å². The number of benzene rings is 2. The van der Waals surface area contributed by atoms with Gasteiger partial charge in [0.05, 0.1) is 17.5 Å². The number of hydrogen-bond acceptors (Lipinski definition) is 5. The molecule has 0 spiro atoms. The van der Waals surface area contributed by atoms with Crippen molar-refractivity contribution in [2.75, 3.05) is 5.32 Å². The number of carbonyl (C=O) groups excluding carboxylic acids is 2. The Bertz CT molecular complexity index is 1010. The summed E-state index contributed by atoms with van der Waals surface area (Å²) in [7, 11) is 0. The van der Waals surface area contributed by atoms with Crippen molar-refractivity contribution in [3.05, 3.63) is 81.8 Å². The number of thiazole rings is 1. The Balaban J connectivity index is 1.30. The van der Waals surface area contributed by atoms with Crippen molar-refractivity contribution in [2.45, 2.75) is 38.2 Å². The van der Waals surface area contributed by atoms with E-state index in [2.05, 4.69) is 10.3 Å². The highest BCUT2D eigenvalue weighted by Gasteiger charge is 2.52. The quantitative estimate of drug-likeness (QED) is 0.590. The second-order valence-electron chi connectivity index (χ2n) is 7.35. The molecule has 1 aliphatic carbocycles. The van der Waals surface area contributed by atoms with Crippen LogP contribution in [0.4, 0.5) is 5.69 Å². The van der Waals surface area contributed by atoms with Gasteiger partial charge in [0.2, 0.25) is 5.91 Å². The lowest BCUT2D eigenvalue weighted by Gasteiger charge is -2.14. The molecule has 1 aromatic heterocycles. The maximum Gasteiger partial charge on any atom is 0.316 e. The first-order valence-electron chi connectivity index (χ1n) is 9.58. The molecule has 29 heavy (non-hydrogen) atoms. The van der Waals surface area contributed by atoms with E-state index in [0.717, 1.165) is 29.7 Å². The molecule has 148 valence electrons. The lowest BCUT2D eigenvalue weighted by Crippen LogP contribution is -2.23. The van der Waals surface area contributed by atoms with E-state index >= 15 is 0 Å². The predicted molar refractivity (Wildman–Crippen MR) is 113 cm³/mol. The third-order valence-electron chi connectivity index (χ3n) is 5.06. The molecule has 0 bridgehead atoms. The van der Waals surface area contributed by atoms with Crippen molar-refractivity contribution in [1.29, 1.82) is 0 Å². The first kappa shape index (κ1) is 19.3. The van der Waals surface area contributed by atoms with Crippen LogP contribution in [-0.2, 0) is 32.8 Å². The summed E-state index contributed by atoms with van der Waals surface area (Å²) in [6.45, 7) is 2.13. The summed E-state index contributed by atoms with van der Waals surface area (Å²) in [6.07, 6.45) is 1.83. The molecule has 0 aliphatic heterocycles. The number of aryl methyl sites for hydroxylation is 1. The molecule has 2 aromatic carbocycles. The second-order valence-corrected chi connectivity index (χ2v) is 8.29. The van der Waals surface area contributed by atoms with Crippen LogP contribution in [0.1, 0.15) is 34.7 Å². The van der Waals surface area contributed by atoms with Crippen molar-refractivity contribution in [3.8, 4) is 0 Å². The lowest BCUT2D eigenvalue weighted by atomic mass is 9.96. The Morgan fingerprint density at radius 1 is 1.10 bits per heavy atom. The number of nitrogens with zero attached hydrogens (tertiary/aromatic N) is 1. The third kappa shape index (κ3) is 4.54. The van der Waals surface area contributed by atoms with Gasteiger partial charge in [-0.1, -0.05) is 48.0 Å². The number of ether oxygens (including phenoxy) is 1. The first-order valence-corrected chi connectivity index (χ1v) is 10.5. The average molecular weight is 407 g/mol. The molecular formula is C23H22N2O3S. The summed E-state index contributed by atoms with van der Waals surface area (Å²) in [5.74, 6) is -0.317. The summed E-state index contributed by atoms with van der Waals surface area (Å²) >= 11 is 1.40. The van der Waals surface area contributed by atoms with Crippen molar-refractivity contribution < 1.29 is 14.3 Å². The zero-order chi connectivity index (χ0) is 20.3. The summed E-state index contributed by atoms with van der Waals surface area (Å²) in [5.41, 5.74) is 3.10. The fraction of sp³-hybridized carbons (Fsp3) is 0.261. The highest BCUT2D eigenvalue weighted by atomic mass is 32.1. The number of hydrogen-bond donors (Lipinski definition) is 1. The van der Waals surface area contributed by atoms with E-state index in [1.54, 1.807) is 0 Å². The second kappa shape index (κ2) is 8.17. The molecule has 3 aromatic rings. The monoisotopic (exact) mass is 406 g/mol. The van der Waals surface area contributed by atoms with Gasteiger partial charge in [-0.3, -0.25) is 9.59 Å². The van der Waals surface area contributed by atoms with E-state index in [0.29, 0.717) is 10.7 Å². The number of anilines is 1. The minimum absolute atomic E-state index is 0.118. The van der Waals surface area contributed by atoms with Gasteiger partial charge in [0, 0.05) is 11.1 Å². The van der Waals surface area contributed by atoms with Gasteiger partial charge in [-0.15, -0.1) is 11.3 Å². The Morgan fingerprint density at radius 2 is 1.83 bits per heavy atom. The molecule has 0 saturated heterocycles. The summed E-state index contributed by atoms with van der Waals surface area (Å²) in [4.78, 5) is 29.2. The van der Waals surface area contributed by atoms with E-state index in [-0.39, 0.29) is 24.9 Å². The van der Waals surface area contributed by atoms with Gasteiger partial charge in [-0.05, 0) is 37.5 Å². The number of nitrogens with one attached hydrogen (secondary N) is 1. The van der Waals surface area contributed by atoms with Crippen LogP contribution in [-0.4, -0.2) is 16.9 Å². The molecule has 0 radical (unpaired) electrons. The van der Waals surface area contributed by atoms with E-state index in [1.807, 2.05) is 66.9 Å². The zero-order valence-corrected chi connectivity index (χ0v) is 17.0. The van der Waals surface area contributed by atoms with Crippen LogP contribution >= 0.6 is 11.3 Å². The summed E-state index contributed by atoms with van der Waals surface area (Å²) < 4.78 is 5.54. The van der Waals surface area contributed by atoms with Crippen LogP contribution in [0.15, 0.2) is 60.0 Å². The highest BCUT2D eigenvalue weighted by molar-refractivity contribution is 7.09. The van der Waals surface area contributed by atoms with Crippen LogP contribution in [0.5, 0.6) is 0 Å². The van der Waals surface area contributed by atoms with Gasteiger partial charge in [-0.2, -0.15) is 0 Å². The zero-order valence-electron chi connectivity index (χ0n) is 16.2. The largest absolute Gasteiger partial charge is 0.458 e. The Kier molecular flexibility index (Phi) is 5.45.